The fourth-order valence-electron chi connectivity index (χ4n) is 2.81. The highest BCUT2D eigenvalue weighted by molar-refractivity contribution is 6.31. The van der Waals surface area contributed by atoms with Crippen molar-refractivity contribution >= 4 is 47.2 Å². The van der Waals surface area contributed by atoms with Gasteiger partial charge in [-0.15, -0.1) is 0 Å². The Bertz CT molecular complexity index is 1250. The normalized spacial score (nSPS) is 10.6. The van der Waals surface area contributed by atoms with Gasteiger partial charge in [-0.3, -0.25) is 9.59 Å². The first-order valence-electron chi connectivity index (χ1n) is 10.5. The van der Waals surface area contributed by atoms with Crippen molar-refractivity contribution in [2.75, 3.05) is 13.2 Å². The Morgan fingerprint density at radius 1 is 0.914 bits per heavy atom. The minimum absolute atomic E-state index is 0.233. The third kappa shape index (κ3) is 7.84. The van der Waals surface area contributed by atoms with Crippen LogP contribution in [0.5, 0.6) is 11.5 Å². The standard InChI is InChI=1S/C25H21Cl2N3O5/c1-2-34-22-12-16(6-11-21(22)35-25(33)17-7-9-19(26)10-8-17)14-29-30-23(31)15-28-24(32)18-4-3-5-20(27)13-18/h3-14H,2,15H2,1H3,(H,28,32)(H,30,31). The number of amides is 2. The highest BCUT2D eigenvalue weighted by Gasteiger charge is 2.13. The van der Waals surface area contributed by atoms with Crippen LogP contribution < -0.4 is 20.2 Å². The average molecular weight is 514 g/mol. The summed E-state index contributed by atoms with van der Waals surface area (Å²) >= 11 is 11.7. The highest BCUT2D eigenvalue weighted by atomic mass is 35.5. The summed E-state index contributed by atoms with van der Waals surface area (Å²) in [6, 6.07) is 17.5. The summed E-state index contributed by atoms with van der Waals surface area (Å²) in [5.74, 6) is -0.946. The second kappa shape index (κ2) is 12.5. The van der Waals surface area contributed by atoms with Gasteiger partial charge in [0.1, 0.15) is 0 Å². The Labute approximate surface area is 211 Å². The quantitative estimate of drug-likeness (QED) is 0.190. The van der Waals surface area contributed by atoms with Crippen LogP contribution in [0.1, 0.15) is 33.2 Å². The zero-order valence-corrected chi connectivity index (χ0v) is 20.1. The van der Waals surface area contributed by atoms with Crippen molar-refractivity contribution in [2.45, 2.75) is 6.92 Å². The van der Waals surface area contributed by atoms with Crippen molar-refractivity contribution < 1.29 is 23.9 Å². The molecule has 0 spiro atoms. The molecule has 0 aliphatic heterocycles. The molecule has 3 aromatic carbocycles. The lowest BCUT2D eigenvalue weighted by Gasteiger charge is -2.11. The SMILES string of the molecule is CCOc1cc(C=NNC(=O)CNC(=O)c2cccc(Cl)c2)ccc1OC(=O)c1ccc(Cl)cc1. The number of hydrogen-bond acceptors (Lipinski definition) is 6. The molecule has 0 aliphatic carbocycles. The molecular formula is C25H21Cl2N3O5. The van der Waals surface area contributed by atoms with Gasteiger partial charge in [-0.1, -0.05) is 29.3 Å². The number of nitrogens with one attached hydrogen (secondary N) is 2. The predicted molar refractivity (Wildman–Crippen MR) is 134 cm³/mol. The fourth-order valence-corrected chi connectivity index (χ4v) is 3.13. The average Bonchev–Trinajstić information content (AvgIpc) is 2.84. The molecule has 3 rings (SSSR count). The number of rotatable bonds is 9. The van der Waals surface area contributed by atoms with Crippen LogP contribution in [-0.4, -0.2) is 37.1 Å². The number of ether oxygens (including phenoxy) is 2. The van der Waals surface area contributed by atoms with Gasteiger partial charge in [0.2, 0.25) is 0 Å². The summed E-state index contributed by atoms with van der Waals surface area (Å²) in [5.41, 5.74) is 3.59. The number of hydrazone groups is 1. The topological polar surface area (TPSA) is 106 Å². The molecule has 3 aromatic rings. The zero-order valence-electron chi connectivity index (χ0n) is 18.6. The van der Waals surface area contributed by atoms with Gasteiger partial charge in [-0.2, -0.15) is 5.10 Å². The number of esters is 1. The van der Waals surface area contributed by atoms with Gasteiger partial charge >= 0.3 is 5.97 Å². The first-order valence-corrected chi connectivity index (χ1v) is 11.2. The molecule has 8 nitrogen and oxygen atoms in total. The first-order chi connectivity index (χ1) is 16.9. The number of nitrogens with zero attached hydrogens (tertiary/aromatic N) is 1. The molecule has 0 unspecified atom stereocenters. The van der Waals surface area contributed by atoms with E-state index in [9.17, 15) is 14.4 Å². The number of carbonyl (C=O) groups excluding carboxylic acids is 3. The van der Waals surface area contributed by atoms with Crippen LogP contribution in [0.4, 0.5) is 0 Å². The van der Waals surface area contributed by atoms with Crippen LogP contribution >= 0.6 is 23.2 Å². The van der Waals surface area contributed by atoms with Crippen LogP contribution in [0, 0.1) is 0 Å². The minimum atomic E-state index is -0.559. The Hall–Kier alpha value is -3.88. The third-order valence-electron chi connectivity index (χ3n) is 4.45. The first kappa shape index (κ1) is 25.7. The monoisotopic (exact) mass is 513 g/mol. The van der Waals surface area contributed by atoms with E-state index in [0.717, 1.165) is 0 Å². The van der Waals surface area contributed by atoms with Crippen molar-refractivity contribution in [1.82, 2.24) is 10.7 Å². The van der Waals surface area contributed by atoms with Crippen molar-refractivity contribution in [3.63, 3.8) is 0 Å². The summed E-state index contributed by atoms with van der Waals surface area (Å²) in [5, 5.41) is 7.29. The third-order valence-corrected chi connectivity index (χ3v) is 4.94. The number of halogens is 2. The van der Waals surface area contributed by atoms with Crippen molar-refractivity contribution in [2.24, 2.45) is 5.10 Å². The van der Waals surface area contributed by atoms with Crippen molar-refractivity contribution in [3.8, 4) is 11.5 Å². The van der Waals surface area contributed by atoms with E-state index in [2.05, 4.69) is 15.8 Å². The van der Waals surface area contributed by atoms with Gasteiger partial charge in [0.25, 0.3) is 11.8 Å². The van der Waals surface area contributed by atoms with Crippen LogP contribution in [0.2, 0.25) is 10.0 Å². The second-order valence-electron chi connectivity index (χ2n) is 7.02. The van der Waals surface area contributed by atoms with E-state index < -0.39 is 17.8 Å². The second-order valence-corrected chi connectivity index (χ2v) is 7.89. The summed E-state index contributed by atoms with van der Waals surface area (Å²) in [4.78, 5) is 36.4. The van der Waals surface area contributed by atoms with E-state index in [1.54, 1.807) is 67.6 Å². The molecule has 2 amide bonds. The van der Waals surface area contributed by atoms with Gasteiger partial charge in [0.05, 0.1) is 24.9 Å². The Kier molecular flexibility index (Phi) is 9.23. The van der Waals surface area contributed by atoms with Gasteiger partial charge in [-0.05, 0) is 73.2 Å². The summed E-state index contributed by atoms with van der Waals surface area (Å²) in [6.45, 7) is 1.87. The molecule has 0 saturated carbocycles. The highest BCUT2D eigenvalue weighted by Crippen LogP contribution is 2.29. The van der Waals surface area contributed by atoms with Crippen LogP contribution in [0.15, 0.2) is 71.8 Å². The lowest BCUT2D eigenvalue weighted by atomic mass is 10.2. The summed E-state index contributed by atoms with van der Waals surface area (Å²) in [6.07, 6.45) is 1.39. The lowest BCUT2D eigenvalue weighted by molar-refractivity contribution is -0.120. The van der Waals surface area contributed by atoms with Gasteiger partial charge in [0.15, 0.2) is 11.5 Å². The van der Waals surface area contributed by atoms with E-state index in [4.69, 9.17) is 32.7 Å². The minimum Gasteiger partial charge on any atom is -0.490 e. The van der Waals surface area contributed by atoms with Crippen LogP contribution in [0.25, 0.3) is 0 Å². The molecular weight excluding hydrogens is 493 g/mol. The molecule has 0 fully saturated rings. The maximum atomic E-state index is 12.4. The Morgan fingerprint density at radius 3 is 2.40 bits per heavy atom. The Morgan fingerprint density at radius 2 is 1.69 bits per heavy atom. The Balaban J connectivity index is 1.57. The van der Waals surface area contributed by atoms with E-state index in [1.807, 2.05) is 0 Å². The van der Waals surface area contributed by atoms with Gasteiger partial charge < -0.3 is 14.8 Å². The predicted octanol–water partition coefficient (Wildman–Crippen LogP) is 4.49. The summed E-state index contributed by atoms with van der Waals surface area (Å²) < 4.78 is 11.0. The lowest BCUT2D eigenvalue weighted by Crippen LogP contribution is -2.34. The molecule has 0 bridgehead atoms. The zero-order chi connectivity index (χ0) is 25.2. The molecule has 0 saturated heterocycles. The maximum absolute atomic E-state index is 12.4. The van der Waals surface area contributed by atoms with E-state index in [-0.39, 0.29) is 12.3 Å². The molecule has 0 aliphatic rings. The smallest absolute Gasteiger partial charge is 0.343 e. The van der Waals surface area contributed by atoms with Crippen LogP contribution in [-0.2, 0) is 4.79 Å². The molecule has 180 valence electrons. The largest absolute Gasteiger partial charge is 0.490 e. The molecule has 10 heteroatoms. The molecule has 2 N–H and O–H groups in total. The van der Waals surface area contributed by atoms with Crippen LogP contribution in [0.3, 0.4) is 0 Å². The summed E-state index contributed by atoms with van der Waals surface area (Å²) in [7, 11) is 0. The molecule has 0 heterocycles. The molecule has 0 radical (unpaired) electrons. The van der Waals surface area contributed by atoms with Gasteiger partial charge in [-0.25, -0.2) is 10.2 Å². The number of carbonyl (C=O) groups is 3. The molecule has 0 aromatic heterocycles. The van der Waals surface area contributed by atoms with E-state index in [1.165, 1.54) is 12.3 Å². The van der Waals surface area contributed by atoms with E-state index in [0.29, 0.717) is 39.1 Å². The van der Waals surface area contributed by atoms with E-state index >= 15 is 0 Å². The maximum Gasteiger partial charge on any atom is 0.343 e. The molecule has 35 heavy (non-hydrogen) atoms. The fraction of sp³-hybridized carbons (Fsp3) is 0.120. The van der Waals surface area contributed by atoms with Gasteiger partial charge in [0, 0.05) is 15.6 Å². The van der Waals surface area contributed by atoms with Crippen molar-refractivity contribution in [3.05, 3.63) is 93.5 Å². The van der Waals surface area contributed by atoms with Crippen molar-refractivity contribution in [1.29, 1.82) is 0 Å². The number of benzene rings is 3. The molecule has 0 atom stereocenters. The number of hydrogen-bond donors (Lipinski definition) is 2.